The number of hydrogen-bond donors (Lipinski definition) is 2. The second kappa shape index (κ2) is 7.22. The predicted molar refractivity (Wildman–Crippen MR) is 60.2 cm³/mol. The number of carboxylic acids is 1. The molecule has 2 N–H and O–H groups in total. The molecule has 0 aromatic carbocycles. The average Bonchev–Trinajstić information content (AvgIpc) is 2.12. The second-order valence-electron chi connectivity index (χ2n) is 4.86. The van der Waals surface area contributed by atoms with Crippen LogP contribution in [0.2, 0.25) is 0 Å². The number of carboxylic acid groups (broad SMARTS) is 1. The van der Waals surface area contributed by atoms with E-state index in [1.54, 1.807) is 0 Å². The van der Waals surface area contributed by atoms with Crippen molar-refractivity contribution in [1.82, 2.24) is 5.32 Å². The van der Waals surface area contributed by atoms with E-state index in [1.807, 2.05) is 0 Å². The molecule has 0 rings (SSSR count). The summed E-state index contributed by atoms with van der Waals surface area (Å²) in [5.41, 5.74) is 0.150. The van der Waals surface area contributed by atoms with Gasteiger partial charge in [-0.2, -0.15) is 0 Å². The van der Waals surface area contributed by atoms with E-state index in [-0.39, 0.29) is 24.5 Å². The van der Waals surface area contributed by atoms with Gasteiger partial charge < -0.3 is 15.2 Å². The Kier molecular flexibility index (Phi) is 6.72. The van der Waals surface area contributed by atoms with Crippen molar-refractivity contribution < 1.29 is 19.4 Å². The number of hydrogen-bond acceptors (Lipinski definition) is 3. The molecule has 0 aliphatic rings. The van der Waals surface area contributed by atoms with Gasteiger partial charge in [-0.25, -0.2) is 4.79 Å². The molecule has 0 unspecified atom stereocenters. The maximum atomic E-state index is 11.3. The summed E-state index contributed by atoms with van der Waals surface area (Å²) in [7, 11) is 0. The van der Waals surface area contributed by atoms with E-state index in [2.05, 4.69) is 26.1 Å². The minimum Gasteiger partial charge on any atom is -0.480 e. The molecule has 0 fully saturated rings. The van der Waals surface area contributed by atoms with Gasteiger partial charge in [0.2, 0.25) is 5.91 Å². The molecule has 0 heterocycles. The molecule has 0 spiro atoms. The highest BCUT2D eigenvalue weighted by Gasteiger charge is 2.12. The van der Waals surface area contributed by atoms with Gasteiger partial charge in [0.1, 0.15) is 6.61 Å². The lowest BCUT2D eigenvalue weighted by Gasteiger charge is -2.17. The third-order valence-corrected chi connectivity index (χ3v) is 1.90. The number of amides is 1. The molecule has 0 bridgehead atoms. The quantitative estimate of drug-likeness (QED) is 0.642. The van der Waals surface area contributed by atoms with Crippen LogP contribution in [0.4, 0.5) is 0 Å². The van der Waals surface area contributed by atoms with Crippen molar-refractivity contribution in [2.75, 3.05) is 19.8 Å². The summed E-state index contributed by atoms with van der Waals surface area (Å²) in [6, 6.07) is 0. The third-order valence-electron chi connectivity index (χ3n) is 1.90. The smallest absolute Gasteiger partial charge is 0.329 e. The van der Waals surface area contributed by atoms with Gasteiger partial charge in [0, 0.05) is 13.0 Å². The van der Waals surface area contributed by atoms with E-state index in [4.69, 9.17) is 9.84 Å². The summed E-state index contributed by atoms with van der Waals surface area (Å²) >= 11 is 0. The zero-order chi connectivity index (χ0) is 12.6. The zero-order valence-corrected chi connectivity index (χ0v) is 10.2. The number of rotatable bonds is 7. The minimum atomic E-state index is -1.00. The second-order valence-corrected chi connectivity index (χ2v) is 4.86. The van der Waals surface area contributed by atoms with Gasteiger partial charge in [0.25, 0.3) is 0 Å². The number of carbonyl (C=O) groups is 2. The fourth-order valence-corrected chi connectivity index (χ4v) is 0.999. The van der Waals surface area contributed by atoms with Crippen LogP contribution in [0.3, 0.4) is 0 Å². The van der Waals surface area contributed by atoms with Crippen LogP contribution >= 0.6 is 0 Å². The molecule has 0 saturated heterocycles. The van der Waals surface area contributed by atoms with Crippen molar-refractivity contribution >= 4 is 11.9 Å². The van der Waals surface area contributed by atoms with Crippen molar-refractivity contribution in [3.05, 3.63) is 0 Å². The molecule has 5 heteroatoms. The molecule has 0 saturated carbocycles. The Balaban J connectivity index is 3.41. The van der Waals surface area contributed by atoms with Crippen LogP contribution in [0.15, 0.2) is 0 Å². The van der Waals surface area contributed by atoms with Crippen LogP contribution < -0.4 is 5.32 Å². The Morgan fingerprint density at radius 2 is 1.94 bits per heavy atom. The molecule has 0 radical (unpaired) electrons. The van der Waals surface area contributed by atoms with Gasteiger partial charge in [-0.1, -0.05) is 20.8 Å². The van der Waals surface area contributed by atoms with E-state index < -0.39 is 5.97 Å². The van der Waals surface area contributed by atoms with Gasteiger partial charge in [-0.05, 0) is 11.8 Å². The Morgan fingerprint density at radius 3 is 2.44 bits per heavy atom. The summed E-state index contributed by atoms with van der Waals surface area (Å²) in [4.78, 5) is 21.4. The molecule has 16 heavy (non-hydrogen) atoms. The van der Waals surface area contributed by atoms with Crippen LogP contribution in [0.1, 0.15) is 33.6 Å². The van der Waals surface area contributed by atoms with Crippen molar-refractivity contribution in [2.24, 2.45) is 5.41 Å². The molecule has 5 nitrogen and oxygen atoms in total. The van der Waals surface area contributed by atoms with Crippen LogP contribution in [0.5, 0.6) is 0 Å². The van der Waals surface area contributed by atoms with E-state index in [1.165, 1.54) is 0 Å². The van der Waals surface area contributed by atoms with Crippen LogP contribution in [0.25, 0.3) is 0 Å². The molecule has 0 atom stereocenters. The molecule has 0 aliphatic heterocycles. The first-order chi connectivity index (χ1) is 7.31. The van der Waals surface area contributed by atoms with Gasteiger partial charge >= 0.3 is 5.97 Å². The van der Waals surface area contributed by atoms with Crippen molar-refractivity contribution in [2.45, 2.75) is 33.6 Å². The third kappa shape index (κ3) is 11.0. The molecule has 94 valence electrons. The van der Waals surface area contributed by atoms with Crippen molar-refractivity contribution in [1.29, 1.82) is 0 Å². The Morgan fingerprint density at radius 1 is 1.31 bits per heavy atom. The average molecular weight is 231 g/mol. The lowest BCUT2D eigenvalue weighted by atomic mass is 9.90. The van der Waals surface area contributed by atoms with E-state index in [0.717, 1.165) is 6.42 Å². The molecular formula is C11H21NO4. The molecule has 0 aliphatic carbocycles. The van der Waals surface area contributed by atoms with Crippen molar-refractivity contribution in [3.8, 4) is 0 Å². The molecule has 1 amide bonds. The number of nitrogens with one attached hydrogen (secondary N) is 1. The van der Waals surface area contributed by atoms with Crippen LogP contribution in [-0.4, -0.2) is 36.7 Å². The van der Waals surface area contributed by atoms with Gasteiger partial charge in [0.15, 0.2) is 0 Å². The Labute approximate surface area is 96.2 Å². The van der Waals surface area contributed by atoms with Gasteiger partial charge in [-0.3, -0.25) is 4.79 Å². The highest BCUT2D eigenvalue weighted by atomic mass is 16.5. The highest BCUT2D eigenvalue weighted by Crippen LogP contribution is 2.19. The summed E-state index contributed by atoms with van der Waals surface area (Å²) in [5, 5.41) is 11.0. The monoisotopic (exact) mass is 231 g/mol. The highest BCUT2D eigenvalue weighted by molar-refractivity contribution is 5.75. The molecule has 0 aromatic rings. The van der Waals surface area contributed by atoms with Gasteiger partial charge in [-0.15, -0.1) is 0 Å². The number of ether oxygens (including phenoxy) is 1. The van der Waals surface area contributed by atoms with Crippen molar-refractivity contribution in [3.63, 3.8) is 0 Å². The summed E-state index contributed by atoms with van der Waals surface area (Å²) < 4.78 is 4.78. The maximum absolute atomic E-state index is 11.3. The van der Waals surface area contributed by atoms with E-state index in [0.29, 0.717) is 13.0 Å². The zero-order valence-electron chi connectivity index (χ0n) is 10.2. The summed E-state index contributed by atoms with van der Waals surface area (Å²) in [6.07, 6.45) is 1.32. The topological polar surface area (TPSA) is 75.6 Å². The number of carbonyl (C=O) groups excluding carboxylic acids is 1. The Hall–Kier alpha value is -1.10. The fourth-order valence-electron chi connectivity index (χ4n) is 0.999. The normalized spacial score (nSPS) is 11.2. The standard InChI is InChI=1S/C11H21NO4/c1-11(2,3)5-4-9(13)12-6-7-16-8-10(14)15/h4-8H2,1-3H3,(H,12,13)(H,14,15). The summed E-state index contributed by atoms with van der Waals surface area (Å²) in [6.45, 7) is 6.50. The van der Waals surface area contributed by atoms with Crippen LogP contribution in [0, 0.1) is 5.41 Å². The minimum absolute atomic E-state index is 0.0196. The number of aliphatic carboxylic acids is 1. The first-order valence-corrected chi connectivity index (χ1v) is 5.37. The summed E-state index contributed by atoms with van der Waals surface area (Å²) in [5.74, 6) is -1.02. The largest absolute Gasteiger partial charge is 0.480 e. The Bertz CT molecular complexity index is 233. The molecular weight excluding hydrogens is 210 g/mol. The SMILES string of the molecule is CC(C)(C)CCC(=O)NCCOCC(=O)O. The van der Waals surface area contributed by atoms with E-state index >= 15 is 0 Å². The lowest BCUT2D eigenvalue weighted by molar-refractivity contribution is -0.142. The molecule has 0 aromatic heterocycles. The first-order valence-electron chi connectivity index (χ1n) is 5.37. The van der Waals surface area contributed by atoms with Gasteiger partial charge in [0.05, 0.1) is 6.61 Å². The lowest BCUT2D eigenvalue weighted by Crippen LogP contribution is -2.28. The maximum Gasteiger partial charge on any atom is 0.329 e. The fraction of sp³-hybridized carbons (Fsp3) is 0.818. The van der Waals surface area contributed by atoms with E-state index in [9.17, 15) is 9.59 Å². The predicted octanol–water partition coefficient (Wildman–Crippen LogP) is 1.03. The first kappa shape index (κ1) is 14.9. The van der Waals surface area contributed by atoms with Crippen LogP contribution in [-0.2, 0) is 14.3 Å².